The molecule has 2 aromatic rings. The molecule has 1 amide bonds. The van der Waals surface area contributed by atoms with E-state index >= 15 is 0 Å². The Morgan fingerprint density at radius 2 is 1.95 bits per heavy atom. The molecule has 1 heterocycles. The molecule has 4 nitrogen and oxygen atoms in total. The zero-order chi connectivity index (χ0) is 14.7. The summed E-state index contributed by atoms with van der Waals surface area (Å²) in [4.78, 5) is 15.5. The highest BCUT2D eigenvalue weighted by atomic mass is 35.5. The summed E-state index contributed by atoms with van der Waals surface area (Å²) in [7, 11) is 0. The van der Waals surface area contributed by atoms with Crippen LogP contribution in [0.15, 0.2) is 29.6 Å². The van der Waals surface area contributed by atoms with Gasteiger partial charge in [-0.15, -0.1) is 11.3 Å². The fraction of sp³-hybridized carbons (Fsp3) is 0.333. The fourth-order valence-corrected chi connectivity index (χ4v) is 4.80. The number of thiazole rings is 1. The first-order valence-corrected chi connectivity index (χ1v) is 7.99. The maximum atomic E-state index is 10.8. The van der Waals surface area contributed by atoms with E-state index in [9.17, 15) is 4.79 Å². The number of hydrogen-bond acceptors (Lipinski definition) is 3. The van der Waals surface area contributed by atoms with Gasteiger partial charge in [-0.1, -0.05) is 23.7 Å². The molecule has 2 N–H and O–H groups in total. The minimum Gasteiger partial charge on any atom is -0.465 e. The molecule has 5 rings (SSSR count). The summed E-state index contributed by atoms with van der Waals surface area (Å²) < 4.78 is 0. The summed E-state index contributed by atoms with van der Waals surface area (Å²) in [6, 6.07) is 7.67. The Morgan fingerprint density at radius 1 is 1.29 bits per heavy atom. The molecule has 0 spiro atoms. The molecule has 3 aliphatic rings. The van der Waals surface area contributed by atoms with E-state index in [4.69, 9.17) is 21.7 Å². The van der Waals surface area contributed by atoms with Gasteiger partial charge < -0.3 is 10.4 Å². The highest BCUT2D eigenvalue weighted by molar-refractivity contribution is 7.10. The molecule has 0 saturated heterocycles. The number of nitrogens with zero attached hydrogens (tertiary/aromatic N) is 1. The minimum atomic E-state index is -0.927. The Morgan fingerprint density at radius 3 is 2.57 bits per heavy atom. The average Bonchev–Trinajstić information content (AvgIpc) is 2.82. The van der Waals surface area contributed by atoms with Crippen molar-refractivity contribution >= 4 is 29.0 Å². The second kappa shape index (κ2) is 4.21. The van der Waals surface area contributed by atoms with E-state index in [1.807, 2.05) is 24.3 Å². The number of carbonyl (C=O) groups is 1. The third-order valence-corrected chi connectivity index (χ3v) is 5.84. The number of nitrogens with one attached hydrogen (secondary N) is 1. The standard InChI is InChI=1S/C15H13ClN2O2S/c16-10-3-1-9(2-4-10)11-5-21-12(17-11)14-6-15(7-14,8-14)18-13(19)20/h1-5,18H,6-8H2,(H,19,20). The molecule has 1 aromatic heterocycles. The Balaban J connectivity index is 1.52. The van der Waals surface area contributed by atoms with Crippen molar-refractivity contribution in [3.63, 3.8) is 0 Å². The van der Waals surface area contributed by atoms with Crippen molar-refractivity contribution in [1.82, 2.24) is 10.3 Å². The molecule has 2 bridgehead atoms. The number of rotatable bonds is 3. The van der Waals surface area contributed by atoms with Crippen LogP contribution >= 0.6 is 22.9 Å². The van der Waals surface area contributed by atoms with Crippen molar-refractivity contribution in [2.75, 3.05) is 0 Å². The quantitative estimate of drug-likeness (QED) is 0.901. The Hall–Kier alpha value is -1.59. The topological polar surface area (TPSA) is 62.2 Å². The van der Waals surface area contributed by atoms with Gasteiger partial charge in [0.1, 0.15) is 0 Å². The highest BCUT2D eigenvalue weighted by Gasteiger charge is 2.70. The van der Waals surface area contributed by atoms with E-state index in [1.165, 1.54) is 0 Å². The lowest BCUT2D eigenvalue weighted by Crippen LogP contribution is -2.76. The Kier molecular flexibility index (Phi) is 2.63. The second-order valence-corrected chi connectivity index (χ2v) is 7.36. The number of aromatic nitrogens is 1. The van der Waals surface area contributed by atoms with E-state index in [1.54, 1.807) is 11.3 Å². The molecule has 6 heteroatoms. The number of amides is 1. The summed E-state index contributed by atoms with van der Waals surface area (Å²) in [5, 5.41) is 15.4. The van der Waals surface area contributed by atoms with Crippen LogP contribution in [0, 0.1) is 0 Å². The molecule has 1 aromatic carbocycles. The molecule has 3 aliphatic carbocycles. The van der Waals surface area contributed by atoms with Crippen molar-refractivity contribution < 1.29 is 9.90 Å². The molecular formula is C15H13ClN2O2S. The molecule has 21 heavy (non-hydrogen) atoms. The monoisotopic (exact) mass is 320 g/mol. The van der Waals surface area contributed by atoms with Gasteiger partial charge >= 0.3 is 6.09 Å². The fourth-order valence-electron chi connectivity index (χ4n) is 3.64. The smallest absolute Gasteiger partial charge is 0.405 e. The molecule has 3 fully saturated rings. The van der Waals surface area contributed by atoms with E-state index < -0.39 is 6.09 Å². The van der Waals surface area contributed by atoms with Crippen molar-refractivity contribution in [3.8, 4) is 11.3 Å². The average molecular weight is 321 g/mol. The van der Waals surface area contributed by atoms with Crippen LogP contribution in [0.25, 0.3) is 11.3 Å². The van der Waals surface area contributed by atoms with E-state index in [0.717, 1.165) is 40.6 Å². The Bertz CT molecular complexity index is 706. The van der Waals surface area contributed by atoms with Crippen molar-refractivity contribution in [2.45, 2.75) is 30.2 Å². The largest absolute Gasteiger partial charge is 0.465 e. The van der Waals surface area contributed by atoms with Crippen molar-refractivity contribution in [3.05, 3.63) is 39.7 Å². The lowest BCUT2D eigenvalue weighted by atomic mass is 9.39. The van der Waals surface area contributed by atoms with Crippen LogP contribution in [0.3, 0.4) is 0 Å². The lowest BCUT2D eigenvalue weighted by molar-refractivity contribution is -0.0821. The number of hydrogen-bond donors (Lipinski definition) is 2. The molecule has 0 unspecified atom stereocenters. The third-order valence-electron chi connectivity index (χ3n) is 4.50. The maximum absolute atomic E-state index is 10.8. The first-order valence-electron chi connectivity index (χ1n) is 6.74. The molecule has 0 atom stereocenters. The zero-order valence-electron chi connectivity index (χ0n) is 11.1. The first-order chi connectivity index (χ1) is 10.0. The van der Waals surface area contributed by atoms with E-state index in [-0.39, 0.29) is 11.0 Å². The normalized spacial score (nSPS) is 29.4. The summed E-state index contributed by atoms with van der Waals surface area (Å²) in [6.07, 6.45) is 1.70. The van der Waals surface area contributed by atoms with Gasteiger partial charge in [-0.25, -0.2) is 9.78 Å². The highest BCUT2D eigenvalue weighted by Crippen LogP contribution is 2.68. The van der Waals surface area contributed by atoms with Gasteiger partial charge in [0.05, 0.1) is 10.7 Å². The number of carboxylic acid groups (broad SMARTS) is 1. The second-order valence-electron chi connectivity index (χ2n) is 6.07. The predicted octanol–water partition coefficient (Wildman–Crippen LogP) is 3.91. The van der Waals surface area contributed by atoms with Gasteiger partial charge in [0.25, 0.3) is 0 Å². The SMILES string of the molecule is O=C(O)NC12CC(c3nc(-c4ccc(Cl)cc4)cs3)(C1)C2. The van der Waals surface area contributed by atoms with Crippen molar-refractivity contribution in [2.24, 2.45) is 0 Å². The van der Waals surface area contributed by atoms with Gasteiger partial charge in [-0.05, 0) is 31.4 Å². The van der Waals surface area contributed by atoms with Gasteiger partial charge in [-0.2, -0.15) is 0 Å². The van der Waals surface area contributed by atoms with E-state index in [2.05, 4.69) is 10.7 Å². The third kappa shape index (κ3) is 1.95. The van der Waals surface area contributed by atoms with Crippen LogP contribution < -0.4 is 5.32 Å². The lowest BCUT2D eigenvalue weighted by Gasteiger charge is -2.69. The summed E-state index contributed by atoms with van der Waals surface area (Å²) in [5.41, 5.74) is 1.96. The molecule has 3 saturated carbocycles. The van der Waals surface area contributed by atoms with Crippen LogP contribution in [0.2, 0.25) is 5.02 Å². The predicted molar refractivity (Wildman–Crippen MR) is 82.0 cm³/mol. The summed E-state index contributed by atoms with van der Waals surface area (Å²) in [5.74, 6) is 0. The van der Waals surface area contributed by atoms with Gasteiger partial charge in [0, 0.05) is 26.9 Å². The van der Waals surface area contributed by atoms with Crippen LogP contribution in [0.5, 0.6) is 0 Å². The summed E-state index contributed by atoms with van der Waals surface area (Å²) in [6.45, 7) is 0. The number of halogens is 1. The van der Waals surface area contributed by atoms with E-state index in [0.29, 0.717) is 0 Å². The summed E-state index contributed by atoms with van der Waals surface area (Å²) >= 11 is 7.57. The van der Waals surface area contributed by atoms with Crippen LogP contribution in [-0.2, 0) is 5.41 Å². The van der Waals surface area contributed by atoms with Gasteiger partial charge in [0.15, 0.2) is 0 Å². The first kappa shape index (κ1) is 13.1. The van der Waals surface area contributed by atoms with Gasteiger partial charge in [-0.3, -0.25) is 0 Å². The molecule has 0 radical (unpaired) electrons. The minimum absolute atomic E-state index is 0.109. The Labute approximate surface area is 130 Å². The molecule has 108 valence electrons. The zero-order valence-corrected chi connectivity index (χ0v) is 12.7. The van der Waals surface area contributed by atoms with Gasteiger partial charge in [0.2, 0.25) is 0 Å². The molecular weight excluding hydrogens is 308 g/mol. The maximum Gasteiger partial charge on any atom is 0.405 e. The van der Waals surface area contributed by atoms with Crippen molar-refractivity contribution in [1.29, 1.82) is 0 Å². The number of benzene rings is 1. The molecule has 0 aliphatic heterocycles. The van der Waals surface area contributed by atoms with Crippen LogP contribution in [0.4, 0.5) is 4.79 Å². The van der Waals surface area contributed by atoms with Crippen LogP contribution in [0.1, 0.15) is 24.3 Å². The van der Waals surface area contributed by atoms with Crippen LogP contribution in [-0.4, -0.2) is 21.7 Å².